The molecule has 0 bridgehead atoms. The molecule has 3 aliphatic rings. The van der Waals surface area contributed by atoms with Crippen molar-refractivity contribution in [2.75, 3.05) is 4.90 Å². The largest absolute Gasteiger partial charge is 0.310 e. The van der Waals surface area contributed by atoms with E-state index in [-0.39, 0.29) is 5.41 Å². The number of fused-ring (bicyclic) bond motifs is 3. The van der Waals surface area contributed by atoms with Crippen LogP contribution in [0.1, 0.15) is 138 Å². The van der Waals surface area contributed by atoms with Gasteiger partial charge < -0.3 is 4.90 Å². The van der Waals surface area contributed by atoms with E-state index in [0.29, 0.717) is 11.8 Å². The molecular formula is C55H59N. The van der Waals surface area contributed by atoms with Gasteiger partial charge in [0, 0.05) is 22.5 Å². The van der Waals surface area contributed by atoms with Gasteiger partial charge in [-0.15, -0.1) is 0 Å². The molecule has 1 heteroatoms. The van der Waals surface area contributed by atoms with Gasteiger partial charge in [-0.25, -0.2) is 0 Å². The second-order valence-electron chi connectivity index (χ2n) is 17.2. The minimum atomic E-state index is 0.0392. The van der Waals surface area contributed by atoms with Crippen LogP contribution in [0.25, 0.3) is 33.4 Å². The lowest BCUT2D eigenvalue weighted by Gasteiger charge is -2.33. The Morgan fingerprint density at radius 3 is 1.48 bits per heavy atom. The summed E-state index contributed by atoms with van der Waals surface area (Å²) in [6.07, 6.45) is 18.3. The molecule has 6 aromatic rings. The molecule has 0 aliphatic heterocycles. The molecule has 2 saturated carbocycles. The summed E-state index contributed by atoms with van der Waals surface area (Å²) in [7, 11) is 0. The second kappa shape index (κ2) is 16.3. The van der Waals surface area contributed by atoms with E-state index in [4.69, 9.17) is 0 Å². The number of rotatable bonds is 11. The van der Waals surface area contributed by atoms with Gasteiger partial charge >= 0.3 is 0 Å². The van der Waals surface area contributed by atoms with Crippen molar-refractivity contribution in [3.63, 3.8) is 0 Å². The van der Waals surface area contributed by atoms with Crippen LogP contribution in [0.4, 0.5) is 17.1 Å². The average molecular weight is 734 g/mol. The third-order valence-electron chi connectivity index (χ3n) is 13.7. The van der Waals surface area contributed by atoms with E-state index >= 15 is 0 Å². The van der Waals surface area contributed by atoms with Crippen LogP contribution < -0.4 is 4.90 Å². The lowest BCUT2D eigenvalue weighted by atomic mass is 9.71. The van der Waals surface area contributed by atoms with Crippen molar-refractivity contribution in [1.82, 2.24) is 0 Å². The maximum Gasteiger partial charge on any atom is 0.0465 e. The first-order chi connectivity index (χ1) is 27.6. The Morgan fingerprint density at radius 1 is 0.429 bits per heavy atom. The molecule has 3 aliphatic carbocycles. The molecule has 0 spiro atoms. The molecule has 0 aromatic heterocycles. The highest BCUT2D eigenvalue weighted by molar-refractivity contribution is 5.86. The van der Waals surface area contributed by atoms with Crippen molar-refractivity contribution in [2.45, 2.75) is 121 Å². The first-order valence-electron chi connectivity index (χ1n) is 22.1. The molecule has 284 valence electrons. The van der Waals surface area contributed by atoms with Gasteiger partial charge in [0.1, 0.15) is 0 Å². The molecule has 0 saturated heterocycles. The highest BCUT2D eigenvalue weighted by Gasteiger charge is 2.42. The normalized spacial score (nSPS) is 16.7. The maximum atomic E-state index is 2.62. The Balaban J connectivity index is 1.14. The fourth-order valence-electron chi connectivity index (χ4n) is 11.0. The summed E-state index contributed by atoms with van der Waals surface area (Å²) < 4.78 is 0. The third-order valence-corrected chi connectivity index (χ3v) is 13.7. The summed E-state index contributed by atoms with van der Waals surface area (Å²) in [6.45, 7) is 4.71. The standard InChI is InChI=1S/C55H59N/c1-3-34-55(35-4-2)53-23-15-14-22-51(53)52-33-32-50(39-54(52)55)56(48-28-24-43(25-29-48)40-16-8-5-9-17-40)49-30-26-44(27-31-49)47-37-45(41-18-10-6-11-19-41)36-46(38-47)42-20-12-7-13-21-42/h5,8-9,14-17,22-33,36-39,41-42H,3-4,6-7,10-13,18-21,34-35H2,1-2H3. The first kappa shape index (κ1) is 36.7. The van der Waals surface area contributed by atoms with Crippen LogP contribution in [0.5, 0.6) is 0 Å². The van der Waals surface area contributed by atoms with Crippen LogP contribution >= 0.6 is 0 Å². The van der Waals surface area contributed by atoms with Crippen molar-refractivity contribution in [1.29, 1.82) is 0 Å². The zero-order chi connectivity index (χ0) is 37.9. The van der Waals surface area contributed by atoms with Crippen molar-refractivity contribution in [3.8, 4) is 33.4 Å². The Morgan fingerprint density at radius 2 is 0.911 bits per heavy atom. The predicted molar refractivity (Wildman–Crippen MR) is 240 cm³/mol. The van der Waals surface area contributed by atoms with Crippen molar-refractivity contribution < 1.29 is 0 Å². The lowest BCUT2D eigenvalue weighted by Crippen LogP contribution is -2.25. The zero-order valence-electron chi connectivity index (χ0n) is 33.8. The minimum Gasteiger partial charge on any atom is -0.310 e. The highest BCUT2D eigenvalue weighted by Crippen LogP contribution is 2.55. The summed E-state index contributed by atoms with van der Waals surface area (Å²) in [5, 5.41) is 0. The van der Waals surface area contributed by atoms with E-state index < -0.39 is 0 Å². The molecule has 6 aromatic carbocycles. The van der Waals surface area contributed by atoms with Gasteiger partial charge in [-0.2, -0.15) is 0 Å². The number of benzene rings is 6. The van der Waals surface area contributed by atoms with Crippen LogP contribution in [0.3, 0.4) is 0 Å². The molecule has 56 heavy (non-hydrogen) atoms. The Hall–Kier alpha value is -4.88. The van der Waals surface area contributed by atoms with E-state index in [9.17, 15) is 0 Å². The van der Waals surface area contributed by atoms with Gasteiger partial charge in [0.05, 0.1) is 0 Å². The third kappa shape index (κ3) is 7.04. The Labute approximate surface area is 336 Å². The summed E-state index contributed by atoms with van der Waals surface area (Å²) in [5.41, 5.74) is 17.9. The van der Waals surface area contributed by atoms with Gasteiger partial charge in [-0.1, -0.05) is 168 Å². The van der Waals surface area contributed by atoms with Crippen molar-refractivity contribution >= 4 is 17.1 Å². The van der Waals surface area contributed by atoms with Crippen LogP contribution in [0.2, 0.25) is 0 Å². The SMILES string of the molecule is CCCC1(CCC)c2ccccc2-c2ccc(N(c3ccc(-c4ccccc4)cc3)c3ccc(-c4cc(C5CCCCC5)cc(C5CCCCC5)c4)cc3)cc21. The molecule has 2 fully saturated rings. The van der Waals surface area contributed by atoms with Gasteiger partial charge in [0.15, 0.2) is 0 Å². The smallest absolute Gasteiger partial charge is 0.0465 e. The molecule has 0 radical (unpaired) electrons. The monoisotopic (exact) mass is 733 g/mol. The molecule has 1 nitrogen and oxygen atoms in total. The molecular weight excluding hydrogens is 675 g/mol. The second-order valence-corrected chi connectivity index (χ2v) is 17.2. The van der Waals surface area contributed by atoms with E-state index in [0.717, 1.165) is 25.7 Å². The topological polar surface area (TPSA) is 3.24 Å². The summed E-state index contributed by atoms with van der Waals surface area (Å²) in [4.78, 5) is 2.50. The van der Waals surface area contributed by atoms with Crippen molar-refractivity contribution in [2.24, 2.45) is 0 Å². The van der Waals surface area contributed by atoms with Crippen LogP contribution in [-0.2, 0) is 5.41 Å². The van der Waals surface area contributed by atoms with Gasteiger partial charge in [-0.3, -0.25) is 0 Å². The fourth-order valence-corrected chi connectivity index (χ4v) is 11.0. The molecule has 0 N–H and O–H groups in total. The van der Waals surface area contributed by atoms with Gasteiger partial charge in [-0.05, 0) is 142 Å². The molecule has 0 heterocycles. The van der Waals surface area contributed by atoms with E-state index in [2.05, 4.69) is 158 Å². The summed E-state index contributed by atoms with van der Waals surface area (Å²) in [6, 6.07) is 53.8. The quantitative estimate of drug-likeness (QED) is 0.128. The fraction of sp³-hybridized carbons (Fsp3) is 0.345. The molecule has 9 rings (SSSR count). The lowest BCUT2D eigenvalue weighted by molar-refractivity contribution is 0.435. The number of hydrogen-bond acceptors (Lipinski definition) is 1. The Kier molecular flexibility index (Phi) is 10.7. The van der Waals surface area contributed by atoms with Crippen molar-refractivity contribution in [3.05, 3.63) is 162 Å². The number of hydrogen-bond donors (Lipinski definition) is 0. The molecule has 0 amide bonds. The van der Waals surface area contributed by atoms with Gasteiger partial charge in [0.25, 0.3) is 0 Å². The van der Waals surface area contributed by atoms with E-state index in [1.54, 1.807) is 11.1 Å². The van der Waals surface area contributed by atoms with Crippen LogP contribution in [-0.4, -0.2) is 0 Å². The summed E-state index contributed by atoms with van der Waals surface area (Å²) in [5.74, 6) is 1.41. The van der Waals surface area contributed by atoms with Gasteiger partial charge in [0.2, 0.25) is 0 Å². The first-order valence-corrected chi connectivity index (χ1v) is 22.1. The average Bonchev–Trinajstić information content (AvgIpc) is 3.53. The highest BCUT2D eigenvalue weighted by atomic mass is 15.1. The molecule has 0 unspecified atom stereocenters. The molecule has 0 atom stereocenters. The zero-order valence-corrected chi connectivity index (χ0v) is 33.8. The predicted octanol–water partition coefficient (Wildman–Crippen LogP) is 16.5. The summed E-state index contributed by atoms with van der Waals surface area (Å²) >= 11 is 0. The van der Waals surface area contributed by atoms with Crippen LogP contribution in [0, 0.1) is 0 Å². The maximum absolute atomic E-state index is 2.62. The van der Waals surface area contributed by atoms with E-state index in [1.807, 2.05) is 0 Å². The van der Waals surface area contributed by atoms with E-state index in [1.165, 1.54) is 126 Å². The Bertz CT molecular complexity index is 2190. The minimum absolute atomic E-state index is 0.0392. The number of anilines is 3. The van der Waals surface area contributed by atoms with Crippen LogP contribution in [0.15, 0.2) is 140 Å². The number of nitrogens with zero attached hydrogens (tertiary/aromatic N) is 1.